The zero-order chi connectivity index (χ0) is 10.1. The van der Waals surface area contributed by atoms with E-state index >= 15 is 0 Å². The van der Waals surface area contributed by atoms with Gasteiger partial charge in [0, 0.05) is 23.5 Å². The summed E-state index contributed by atoms with van der Waals surface area (Å²) in [6, 6.07) is 5.13. The van der Waals surface area contributed by atoms with Crippen molar-refractivity contribution < 1.29 is 4.39 Å². The summed E-state index contributed by atoms with van der Waals surface area (Å²) in [5.41, 5.74) is 6.22. The van der Waals surface area contributed by atoms with E-state index in [2.05, 4.69) is 20.9 Å². The van der Waals surface area contributed by atoms with Gasteiger partial charge in [-0.25, -0.2) is 4.39 Å². The van der Waals surface area contributed by atoms with Crippen LogP contribution < -0.4 is 5.73 Å². The van der Waals surface area contributed by atoms with Crippen LogP contribution in [0.1, 0.15) is 5.69 Å². The quantitative estimate of drug-likeness (QED) is 0.850. The van der Waals surface area contributed by atoms with Crippen LogP contribution in [0, 0.1) is 5.82 Å². The van der Waals surface area contributed by atoms with Crippen LogP contribution in [0.15, 0.2) is 28.9 Å². The van der Waals surface area contributed by atoms with Gasteiger partial charge in [-0.2, -0.15) is 0 Å². The van der Waals surface area contributed by atoms with E-state index in [0.29, 0.717) is 22.1 Å². The molecule has 0 atom stereocenters. The van der Waals surface area contributed by atoms with Gasteiger partial charge in [-0.05, 0) is 28.1 Å². The summed E-state index contributed by atoms with van der Waals surface area (Å²) in [5.74, 6) is -0.264. The minimum absolute atomic E-state index is 0.264. The van der Waals surface area contributed by atoms with Crippen LogP contribution in [0.2, 0.25) is 0 Å². The second-order valence-corrected chi connectivity index (χ2v) is 3.77. The van der Waals surface area contributed by atoms with E-state index in [4.69, 9.17) is 5.73 Å². The van der Waals surface area contributed by atoms with Crippen LogP contribution in [-0.2, 0) is 6.54 Å². The van der Waals surface area contributed by atoms with Crippen LogP contribution in [0.3, 0.4) is 0 Å². The lowest BCUT2D eigenvalue weighted by Crippen LogP contribution is -2.00. The highest BCUT2D eigenvalue weighted by Crippen LogP contribution is 2.25. The summed E-state index contributed by atoms with van der Waals surface area (Å²) in [6.45, 7) is 0.318. The Morgan fingerprint density at radius 1 is 1.29 bits per heavy atom. The van der Waals surface area contributed by atoms with Gasteiger partial charge in [0.1, 0.15) is 5.82 Å². The first-order chi connectivity index (χ1) is 6.74. The van der Waals surface area contributed by atoms with Crippen LogP contribution in [0.25, 0.3) is 10.8 Å². The Bertz CT molecular complexity index is 485. The summed E-state index contributed by atoms with van der Waals surface area (Å²) in [5, 5.41) is 1.32. The van der Waals surface area contributed by atoms with Gasteiger partial charge in [-0.15, -0.1) is 0 Å². The number of hydrogen-bond donors (Lipinski definition) is 1. The standard InChI is InChI=1S/C10H8BrFN2/c11-8-2-1-6-7(10(8)12)3-4-14-9(6)5-13/h1-4H,5,13H2. The van der Waals surface area contributed by atoms with Crippen molar-refractivity contribution in [1.29, 1.82) is 0 Å². The van der Waals surface area contributed by atoms with E-state index in [9.17, 15) is 4.39 Å². The highest BCUT2D eigenvalue weighted by Gasteiger charge is 2.07. The van der Waals surface area contributed by atoms with E-state index in [-0.39, 0.29) is 5.82 Å². The third-order valence-corrected chi connectivity index (χ3v) is 2.72. The smallest absolute Gasteiger partial charge is 0.145 e. The van der Waals surface area contributed by atoms with Gasteiger partial charge in [0.25, 0.3) is 0 Å². The van der Waals surface area contributed by atoms with Crippen molar-refractivity contribution in [2.45, 2.75) is 6.54 Å². The van der Waals surface area contributed by atoms with Crippen LogP contribution >= 0.6 is 15.9 Å². The Morgan fingerprint density at radius 2 is 2.07 bits per heavy atom. The lowest BCUT2D eigenvalue weighted by molar-refractivity contribution is 0.633. The molecule has 2 aromatic rings. The number of hydrogen-bond acceptors (Lipinski definition) is 2. The minimum atomic E-state index is -0.264. The summed E-state index contributed by atoms with van der Waals surface area (Å²) < 4.78 is 14.1. The maximum Gasteiger partial charge on any atom is 0.145 e. The van der Waals surface area contributed by atoms with Crippen molar-refractivity contribution >= 4 is 26.7 Å². The van der Waals surface area contributed by atoms with Gasteiger partial charge >= 0.3 is 0 Å². The van der Waals surface area contributed by atoms with Gasteiger partial charge in [0.2, 0.25) is 0 Å². The molecule has 2 rings (SSSR count). The molecular weight excluding hydrogens is 247 g/mol. The van der Waals surface area contributed by atoms with E-state index in [1.54, 1.807) is 18.3 Å². The Kier molecular flexibility index (Phi) is 2.48. The molecule has 0 aliphatic carbocycles. The first-order valence-electron chi connectivity index (χ1n) is 4.15. The Labute approximate surface area is 89.1 Å². The van der Waals surface area contributed by atoms with Crippen LogP contribution in [-0.4, -0.2) is 4.98 Å². The number of benzene rings is 1. The van der Waals surface area contributed by atoms with Crippen molar-refractivity contribution in [2.75, 3.05) is 0 Å². The van der Waals surface area contributed by atoms with E-state index in [1.807, 2.05) is 6.07 Å². The van der Waals surface area contributed by atoms with Crippen molar-refractivity contribution in [3.05, 3.63) is 40.4 Å². The maximum absolute atomic E-state index is 13.6. The fraction of sp³-hybridized carbons (Fsp3) is 0.100. The van der Waals surface area contributed by atoms with Crippen molar-refractivity contribution in [2.24, 2.45) is 5.73 Å². The molecule has 0 radical (unpaired) electrons. The Hall–Kier alpha value is -1.000. The van der Waals surface area contributed by atoms with Gasteiger partial charge in [0.15, 0.2) is 0 Å². The van der Waals surface area contributed by atoms with E-state index < -0.39 is 0 Å². The molecule has 0 saturated carbocycles. The van der Waals surface area contributed by atoms with Gasteiger partial charge in [0.05, 0.1) is 10.2 Å². The molecule has 2 N–H and O–H groups in total. The Morgan fingerprint density at radius 3 is 2.79 bits per heavy atom. The topological polar surface area (TPSA) is 38.9 Å². The molecule has 14 heavy (non-hydrogen) atoms. The number of rotatable bonds is 1. The predicted octanol–water partition coefficient (Wildman–Crippen LogP) is 2.60. The zero-order valence-electron chi connectivity index (χ0n) is 7.30. The third-order valence-electron chi connectivity index (χ3n) is 2.11. The number of nitrogens with two attached hydrogens (primary N) is 1. The van der Waals surface area contributed by atoms with Crippen molar-refractivity contribution in [1.82, 2.24) is 4.98 Å². The molecule has 0 fully saturated rings. The predicted molar refractivity (Wildman–Crippen MR) is 57.3 cm³/mol. The van der Waals surface area contributed by atoms with Gasteiger partial charge < -0.3 is 5.73 Å². The van der Waals surface area contributed by atoms with Crippen molar-refractivity contribution in [3.8, 4) is 0 Å². The van der Waals surface area contributed by atoms with Crippen LogP contribution in [0.5, 0.6) is 0 Å². The SMILES string of the molecule is NCc1nccc2c(F)c(Br)ccc12. The molecule has 0 aliphatic rings. The molecular formula is C10H8BrFN2. The molecule has 2 nitrogen and oxygen atoms in total. The molecule has 1 aromatic carbocycles. The first-order valence-corrected chi connectivity index (χ1v) is 4.95. The fourth-order valence-corrected chi connectivity index (χ4v) is 1.76. The number of pyridine rings is 1. The molecule has 0 amide bonds. The average Bonchev–Trinajstić information content (AvgIpc) is 2.23. The molecule has 72 valence electrons. The highest BCUT2D eigenvalue weighted by molar-refractivity contribution is 9.10. The maximum atomic E-state index is 13.6. The number of aromatic nitrogens is 1. The number of fused-ring (bicyclic) bond motifs is 1. The lowest BCUT2D eigenvalue weighted by atomic mass is 10.1. The third kappa shape index (κ3) is 1.40. The molecule has 4 heteroatoms. The molecule has 0 unspecified atom stereocenters. The Balaban J connectivity index is 2.86. The molecule has 1 aromatic heterocycles. The van der Waals surface area contributed by atoms with Crippen LogP contribution in [0.4, 0.5) is 4.39 Å². The number of halogens is 2. The highest BCUT2D eigenvalue weighted by atomic mass is 79.9. The lowest BCUT2D eigenvalue weighted by Gasteiger charge is -2.04. The first kappa shape index (κ1) is 9.55. The average molecular weight is 255 g/mol. The monoisotopic (exact) mass is 254 g/mol. The largest absolute Gasteiger partial charge is 0.325 e. The second kappa shape index (κ2) is 3.63. The second-order valence-electron chi connectivity index (χ2n) is 2.92. The zero-order valence-corrected chi connectivity index (χ0v) is 8.88. The fourth-order valence-electron chi connectivity index (χ4n) is 1.41. The molecule has 0 saturated heterocycles. The van der Waals surface area contributed by atoms with Gasteiger partial charge in [-0.3, -0.25) is 4.98 Å². The molecule has 1 heterocycles. The van der Waals surface area contributed by atoms with E-state index in [1.165, 1.54) is 0 Å². The summed E-state index contributed by atoms with van der Waals surface area (Å²) in [6.07, 6.45) is 1.57. The molecule has 0 spiro atoms. The summed E-state index contributed by atoms with van der Waals surface area (Å²) in [7, 11) is 0. The summed E-state index contributed by atoms with van der Waals surface area (Å²) in [4.78, 5) is 4.09. The van der Waals surface area contributed by atoms with Crippen molar-refractivity contribution in [3.63, 3.8) is 0 Å². The molecule has 0 aliphatic heterocycles. The number of nitrogens with zero attached hydrogens (tertiary/aromatic N) is 1. The minimum Gasteiger partial charge on any atom is -0.325 e. The summed E-state index contributed by atoms with van der Waals surface area (Å²) >= 11 is 3.14. The normalized spacial score (nSPS) is 10.8. The van der Waals surface area contributed by atoms with E-state index in [0.717, 1.165) is 5.39 Å². The molecule has 0 bridgehead atoms. The van der Waals surface area contributed by atoms with Gasteiger partial charge in [-0.1, -0.05) is 6.07 Å².